The number of phenols is 1. The first kappa shape index (κ1) is 18.8. The van der Waals surface area contributed by atoms with Gasteiger partial charge in [-0.05, 0) is 37.1 Å². The van der Waals surface area contributed by atoms with Crippen LogP contribution >= 0.6 is 11.6 Å². The summed E-state index contributed by atoms with van der Waals surface area (Å²) >= 11 is 6.34. The molecule has 2 heterocycles. The van der Waals surface area contributed by atoms with Crippen LogP contribution in [0.2, 0.25) is 5.02 Å². The topological polar surface area (TPSA) is 99.1 Å². The van der Waals surface area contributed by atoms with Gasteiger partial charge in [-0.25, -0.2) is 0 Å². The van der Waals surface area contributed by atoms with E-state index < -0.39 is 15.9 Å². The number of amides is 1. The van der Waals surface area contributed by atoms with Crippen molar-refractivity contribution in [2.75, 3.05) is 16.8 Å². The molecule has 146 valence electrons. The molecule has 0 radical (unpaired) electrons. The van der Waals surface area contributed by atoms with Gasteiger partial charge in [-0.1, -0.05) is 30.2 Å². The lowest BCUT2D eigenvalue weighted by Crippen LogP contribution is -2.35. The zero-order chi connectivity index (χ0) is 19.9. The molecule has 2 N–H and O–H groups in total. The molecule has 1 fully saturated rings. The van der Waals surface area contributed by atoms with Crippen molar-refractivity contribution in [1.29, 1.82) is 0 Å². The van der Waals surface area contributed by atoms with Crippen LogP contribution in [0.1, 0.15) is 36.0 Å². The van der Waals surface area contributed by atoms with E-state index in [4.69, 9.17) is 11.6 Å². The predicted octanol–water partition coefficient (Wildman–Crippen LogP) is 3.78. The van der Waals surface area contributed by atoms with Gasteiger partial charge in [-0.2, -0.15) is 8.42 Å². The summed E-state index contributed by atoms with van der Waals surface area (Å²) in [5.74, 6) is -0.195. The Bertz CT molecular complexity index is 1100. The molecule has 0 unspecified atom stereocenters. The molecule has 0 spiro atoms. The fraction of sp³-hybridized carbons (Fsp3) is 0.263. The van der Waals surface area contributed by atoms with E-state index in [-0.39, 0.29) is 26.9 Å². The van der Waals surface area contributed by atoms with Crippen LogP contribution in [-0.2, 0) is 10.0 Å². The van der Waals surface area contributed by atoms with E-state index in [9.17, 15) is 18.3 Å². The van der Waals surface area contributed by atoms with Gasteiger partial charge in [0.25, 0.3) is 15.9 Å². The molecule has 2 aromatic carbocycles. The van der Waals surface area contributed by atoms with E-state index in [1.807, 2.05) is 4.90 Å². The monoisotopic (exact) mass is 419 g/mol. The largest absolute Gasteiger partial charge is 0.506 e. The average molecular weight is 420 g/mol. The molecule has 0 atom stereocenters. The lowest BCUT2D eigenvalue weighted by Gasteiger charge is -2.30. The minimum absolute atomic E-state index is 0.000664. The van der Waals surface area contributed by atoms with Gasteiger partial charge in [0.05, 0.1) is 22.0 Å². The van der Waals surface area contributed by atoms with Crippen molar-refractivity contribution in [2.45, 2.75) is 30.6 Å². The van der Waals surface area contributed by atoms with Crippen LogP contribution in [0.15, 0.2) is 45.7 Å². The summed E-state index contributed by atoms with van der Waals surface area (Å²) in [6.45, 7) is 0.654. The number of sulfonamides is 1. The number of amidine groups is 1. The van der Waals surface area contributed by atoms with Gasteiger partial charge >= 0.3 is 0 Å². The third-order valence-corrected chi connectivity index (χ3v) is 6.48. The van der Waals surface area contributed by atoms with E-state index >= 15 is 0 Å². The molecule has 7 nitrogen and oxygen atoms in total. The van der Waals surface area contributed by atoms with Crippen LogP contribution in [0.5, 0.6) is 5.75 Å². The molecule has 0 aromatic heterocycles. The van der Waals surface area contributed by atoms with Crippen LogP contribution in [0.3, 0.4) is 0 Å². The number of nitrogens with zero attached hydrogens (tertiary/aromatic N) is 2. The van der Waals surface area contributed by atoms with Crippen molar-refractivity contribution >= 4 is 44.7 Å². The minimum Gasteiger partial charge on any atom is -0.506 e. The highest BCUT2D eigenvalue weighted by Crippen LogP contribution is 2.38. The normalized spacial score (nSPS) is 17.8. The van der Waals surface area contributed by atoms with Crippen LogP contribution in [-0.4, -0.2) is 31.8 Å². The van der Waals surface area contributed by atoms with Crippen molar-refractivity contribution in [3.8, 4) is 5.75 Å². The number of rotatable bonds is 2. The number of carbonyl (C=O) groups is 1. The summed E-state index contributed by atoms with van der Waals surface area (Å²) in [6.07, 6.45) is 3.39. The highest BCUT2D eigenvalue weighted by molar-refractivity contribution is 7.90. The second kappa shape index (κ2) is 7.10. The highest BCUT2D eigenvalue weighted by atomic mass is 35.5. The molecule has 2 aliphatic rings. The quantitative estimate of drug-likeness (QED) is 0.721. The number of benzene rings is 2. The number of fused-ring (bicyclic) bond motifs is 3. The molecule has 1 amide bonds. The van der Waals surface area contributed by atoms with Crippen molar-refractivity contribution in [3.05, 3.63) is 47.0 Å². The van der Waals surface area contributed by atoms with Crippen LogP contribution < -0.4 is 10.2 Å². The molecular formula is C19H18ClN3O4S. The molecular weight excluding hydrogens is 402 g/mol. The fourth-order valence-electron chi connectivity index (χ4n) is 3.44. The maximum atomic E-state index is 12.7. The highest BCUT2D eigenvalue weighted by Gasteiger charge is 2.33. The Balaban J connectivity index is 1.76. The average Bonchev–Trinajstić information content (AvgIpc) is 2.88. The van der Waals surface area contributed by atoms with Gasteiger partial charge in [0, 0.05) is 13.0 Å². The number of para-hydroxylation sites is 2. The third kappa shape index (κ3) is 3.33. The first-order valence-corrected chi connectivity index (χ1v) is 10.7. The summed E-state index contributed by atoms with van der Waals surface area (Å²) in [7, 11) is -3.92. The lowest BCUT2D eigenvalue weighted by molar-refractivity contribution is 0.102. The van der Waals surface area contributed by atoms with Gasteiger partial charge in [-0.3, -0.25) is 4.79 Å². The molecule has 0 aliphatic carbocycles. The maximum Gasteiger partial charge on any atom is 0.286 e. The first-order chi connectivity index (χ1) is 13.4. The zero-order valence-corrected chi connectivity index (χ0v) is 16.4. The van der Waals surface area contributed by atoms with Crippen LogP contribution in [0, 0.1) is 0 Å². The Labute approximate surface area is 167 Å². The summed E-state index contributed by atoms with van der Waals surface area (Å²) in [5.41, 5.74) is 0.661. The zero-order valence-electron chi connectivity index (χ0n) is 14.9. The van der Waals surface area contributed by atoms with Gasteiger partial charge in [0.15, 0.2) is 0 Å². The summed E-state index contributed by atoms with van der Waals surface area (Å²) in [4.78, 5) is 14.5. The molecule has 0 bridgehead atoms. The molecule has 9 heteroatoms. The van der Waals surface area contributed by atoms with E-state index in [1.165, 1.54) is 24.3 Å². The number of aromatic hydroxyl groups is 1. The van der Waals surface area contributed by atoms with Gasteiger partial charge in [0.2, 0.25) is 0 Å². The number of hydrogen-bond acceptors (Lipinski definition) is 5. The van der Waals surface area contributed by atoms with Crippen molar-refractivity contribution in [3.63, 3.8) is 0 Å². The number of hydrogen-bond donors (Lipinski definition) is 2. The minimum atomic E-state index is -3.92. The predicted molar refractivity (Wildman–Crippen MR) is 108 cm³/mol. The second-order valence-electron chi connectivity index (χ2n) is 6.72. The SMILES string of the molecule is O=C(Nc1ccccc1O)c1cc2c(cc1Cl)N1CCCCCC1=NS2(=O)=O. The molecule has 0 saturated carbocycles. The summed E-state index contributed by atoms with van der Waals surface area (Å²) < 4.78 is 29.4. The van der Waals surface area contributed by atoms with Crippen LogP contribution in [0.4, 0.5) is 11.4 Å². The smallest absolute Gasteiger partial charge is 0.286 e. The first-order valence-electron chi connectivity index (χ1n) is 8.91. The Hall–Kier alpha value is -2.58. The Kier molecular flexibility index (Phi) is 4.76. The Morgan fingerprint density at radius 2 is 1.96 bits per heavy atom. The van der Waals surface area contributed by atoms with E-state index in [0.29, 0.717) is 24.5 Å². The van der Waals surface area contributed by atoms with Crippen molar-refractivity contribution < 1.29 is 18.3 Å². The molecule has 2 aliphatic heterocycles. The second-order valence-corrected chi connectivity index (χ2v) is 8.70. The lowest BCUT2D eigenvalue weighted by atomic mass is 10.1. The van der Waals surface area contributed by atoms with Gasteiger partial charge in [-0.15, -0.1) is 4.40 Å². The van der Waals surface area contributed by atoms with E-state index in [1.54, 1.807) is 12.1 Å². The Morgan fingerprint density at radius 1 is 1.18 bits per heavy atom. The molecule has 2 aromatic rings. The summed E-state index contributed by atoms with van der Waals surface area (Å²) in [5, 5.41) is 12.5. The van der Waals surface area contributed by atoms with Gasteiger partial charge < -0.3 is 15.3 Å². The van der Waals surface area contributed by atoms with Crippen LogP contribution in [0.25, 0.3) is 0 Å². The maximum absolute atomic E-state index is 12.7. The van der Waals surface area contributed by atoms with Crippen molar-refractivity contribution in [1.82, 2.24) is 0 Å². The number of nitrogens with one attached hydrogen (secondary N) is 1. The number of anilines is 2. The van der Waals surface area contributed by atoms with E-state index in [2.05, 4.69) is 9.71 Å². The molecule has 4 rings (SSSR count). The number of halogens is 1. The van der Waals surface area contributed by atoms with Crippen molar-refractivity contribution in [2.24, 2.45) is 4.40 Å². The summed E-state index contributed by atoms with van der Waals surface area (Å²) in [6, 6.07) is 9.01. The number of phenolic OH excluding ortho intramolecular Hbond substituents is 1. The Morgan fingerprint density at radius 3 is 2.75 bits per heavy atom. The molecule has 28 heavy (non-hydrogen) atoms. The standard InChI is InChI=1S/C19H18ClN3O4S/c20-13-11-15-17(28(26,27)22-18-8-2-1-5-9-23(15)18)10-12(13)19(25)21-14-6-3-4-7-16(14)24/h3-4,6-7,10-11,24H,1-2,5,8-9H2,(H,21,25). The van der Waals surface area contributed by atoms with E-state index in [0.717, 1.165) is 19.3 Å². The van der Waals surface area contributed by atoms with Gasteiger partial charge in [0.1, 0.15) is 16.5 Å². The third-order valence-electron chi connectivity index (χ3n) is 4.83. The fourth-order valence-corrected chi connectivity index (χ4v) is 4.95. The number of carbonyl (C=O) groups excluding carboxylic acids is 1. The molecule has 1 saturated heterocycles.